The number of allylic oxidation sites excluding steroid dienone is 1. The van der Waals surface area contributed by atoms with Crippen LogP contribution in [-0.4, -0.2) is 10.9 Å². The Labute approximate surface area is 285 Å². The van der Waals surface area contributed by atoms with E-state index in [1.54, 1.807) is 0 Å². The Morgan fingerprint density at radius 3 is 2.37 bits per heavy atom. The molecular weight excluding hydrogens is 623 g/mol. The van der Waals surface area contributed by atoms with Crippen LogP contribution in [0.4, 0.5) is 30.2 Å². The maximum absolute atomic E-state index is 13.1. The third-order valence-electron chi connectivity index (χ3n) is 8.11. The van der Waals surface area contributed by atoms with Gasteiger partial charge >= 0.3 is 6.18 Å². The Balaban J connectivity index is 0.00000111. The smallest absolute Gasteiger partial charge is 0.416 e. The first-order valence-corrected chi connectivity index (χ1v) is 16.1. The number of carbonyl (C=O) groups excluding carboxylic acids is 1. The number of amides is 1. The summed E-state index contributed by atoms with van der Waals surface area (Å²) in [5, 5.41) is 3.80. The van der Waals surface area contributed by atoms with E-state index in [0.717, 1.165) is 67.9 Å². The summed E-state index contributed by atoms with van der Waals surface area (Å²) in [6, 6.07) is 24.5. The molecule has 250 valence electrons. The number of fused-ring (bicyclic) bond motifs is 3. The van der Waals surface area contributed by atoms with E-state index in [9.17, 15) is 18.0 Å². The molecule has 8 heteroatoms. The van der Waals surface area contributed by atoms with Gasteiger partial charge in [0.05, 0.1) is 16.8 Å². The number of hydrogen-bond donors (Lipinski definition) is 1. The van der Waals surface area contributed by atoms with Crippen molar-refractivity contribution in [2.24, 2.45) is 0 Å². The largest absolute Gasteiger partial charge is 0.489 e. The van der Waals surface area contributed by atoms with E-state index in [2.05, 4.69) is 43.3 Å². The maximum atomic E-state index is 13.1. The third kappa shape index (κ3) is 8.09. The fraction of sp³-hybridized carbons (Fsp3) is 0.171. The van der Waals surface area contributed by atoms with Crippen LogP contribution in [0.15, 0.2) is 122 Å². The van der Waals surface area contributed by atoms with Gasteiger partial charge in [-0.1, -0.05) is 82.3 Å². The second-order valence-corrected chi connectivity index (χ2v) is 11.7. The molecule has 1 N–H and O–H groups in total. The number of nitrogens with zero attached hydrogens (tertiary/aromatic N) is 2. The molecule has 0 atom stereocenters. The van der Waals surface area contributed by atoms with Gasteiger partial charge in [0.15, 0.2) is 0 Å². The molecule has 1 amide bonds. The molecule has 5 aromatic rings. The van der Waals surface area contributed by atoms with Gasteiger partial charge in [-0.25, -0.2) is 0 Å². The number of hydrogen-bond acceptors (Lipinski definition) is 4. The van der Waals surface area contributed by atoms with Crippen LogP contribution >= 0.6 is 0 Å². The average molecular weight is 662 g/mol. The highest BCUT2D eigenvalue weighted by Crippen LogP contribution is 2.43. The molecule has 6 rings (SSSR count). The molecular formula is C41H38F3N3O2. The van der Waals surface area contributed by atoms with Gasteiger partial charge in [0.25, 0.3) is 0 Å². The van der Waals surface area contributed by atoms with Crippen molar-refractivity contribution in [2.75, 3.05) is 10.2 Å². The minimum Gasteiger partial charge on any atom is -0.489 e. The van der Waals surface area contributed by atoms with E-state index in [1.165, 1.54) is 31.1 Å². The van der Waals surface area contributed by atoms with Gasteiger partial charge in [-0.05, 0) is 89.9 Å². The van der Waals surface area contributed by atoms with Crippen molar-refractivity contribution in [3.8, 4) is 16.9 Å². The van der Waals surface area contributed by atoms with Gasteiger partial charge in [0, 0.05) is 34.2 Å². The fourth-order valence-corrected chi connectivity index (χ4v) is 5.23. The van der Waals surface area contributed by atoms with E-state index in [0.29, 0.717) is 5.69 Å². The molecule has 1 aliphatic heterocycles. The maximum Gasteiger partial charge on any atom is 0.416 e. The predicted octanol–water partition coefficient (Wildman–Crippen LogP) is 11.4. The van der Waals surface area contributed by atoms with E-state index in [4.69, 9.17) is 9.72 Å². The minimum absolute atomic E-state index is 0.131. The second kappa shape index (κ2) is 15.1. The standard InChI is InChI=1S/C37H28F3N3O2.C4H10/c1-4-35(44)42-34-20-30(16-8-23(34)2)43-24(3)9-12-28-21-41-33-17-15-27(18-32(33)36(28)43)26-13-10-25(11-14-26)22-45-31-7-5-6-29(19-31)37(38,39)40;1-3-4-2/h4-21H,1,3,22H2,2H3,(H,42,44);3-4H2,1-2H3. The normalized spacial score (nSPS) is 12.2. The Bertz CT molecular complexity index is 2030. The first-order valence-electron chi connectivity index (χ1n) is 16.1. The number of benzene rings is 4. The first-order chi connectivity index (χ1) is 23.5. The lowest BCUT2D eigenvalue weighted by molar-refractivity contribution is -0.137. The molecule has 1 aromatic heterocycles. The van der Waals surface area contributed by atoms with Crippen molar-refractivity contribution >= 4 is 39.9 Å². The zero-order valence-corrected chi connectivity index (χ0v) is 27.8. The molecule has 0 radical (unpaired) electrons. The summed E-state index contributed by atoms with van der Waals surface area (Å²) in [5.74, 6) is -0.134. The minimum atomic E-state index is -4.43. The third-order valence-corrected chi connectivity index (χ3v) is 8.11. The molecule has 2 heterocycles. The number of anilines is 3. The van der Waals surface area contributed by atoms with Crippen LogP contribution in [0.25, 0.3) is 28.1 Å². The fourth-order valence-electron chi connectivity index (χ4n) is 5.23. The molecule has 0 saturated heterocycles. The molecule has 0 spiro atoms. The summed E-state index contributed by atoms with van der Waals surface area (Å²) in [6.45, 7) is 14.3. The number of nitrogens with one attached hydrogen (secondary N) is 1. The summed E-state index contributed by atoms with van der Waals surface area (Å²) < 4.78 is 44.8. The summed E-state index contributed by atoms with van der Waals surface area (Å²) in [6.07, 6.45) is 5.20. The van der Waals surface area contributed by atoms with Crippen LogP contribution < -0.4 is 15.0 Å². The zero-order valence-electron chi connectivity index (χ0n) is 27.8. The Morgan fingerprint density at radius 2 is 1.67 bits per heavy atom. The van der Waals surface area contributed by atoms with Gasteiger partial charge in [-0.15, -0.1) is 0 Å². The molecule has 1 aliphatic rings. The number of carbonyl (C=O) groups is 1. The molecule has 0 unspecified atom stereocenters. The van der Waals surface area contributed by atoms with Crippen molar-refractivity contribution in [1.29, 1.82) is 0 Å². The quantitative estimate of drug-likeness (QED) is 0.168. The second-order valence-electron chi connectivity index (χ2n) is 11.7. The topological polar surface area (TPSA) is 54.5 Å². The highest BCUT2D eigenvalue weighted by atomic mass is 19.4. The van der Waals surface area contributed by atoms with E-state index < -0.39 is 11.7 Å². The number of pyridine rings is 1. The lowest BCUT2D eigenvalue weighted by Crippen LogP contribution is -2.19. The average Bonchev–Trinajstić information content (AvgIpc) is 3.11. The van der Waals surface area contributed by atoms with Gasteiger partial charge in [0.2, 0.25) is 5.91 Å². The van der Waals surface area contributed by atoms with Crippen LogP contribution in [-0.2, 0) is 17.6 Å². The molecule has 0 fully saturated rings. The Morgan fingerprint density at radius 1 is 0.939 bits per heavy atom. The predicted molar refractivity (Wildman–Crippen MR) is 194 cm³/mol. The summed E-state index contributed by atoms with van der Waals surface area (Å²) >= 11 is 0. The van der Waals surface area contributed by atoms with Crippen LogP contribution in [0.3, 0.4) is 0 Å². The van der Waals surface area contributed by atoms with E-state index in [1.807, 2.05) is 79.9 Å². The van der Waals surface area contributed by atoms with Gasteiger partial charge in [-0.2, -0.15) is 13.2 Å². The van der Waals surface area contributed by atoms with Crippen molar-refractivity contribution in [3.63, 3.8) is 0 Å². The molecule has 0 saturated carbocycles. The number of halogens is 3. The highest BCUT2D eigenvalue weighted by Gasteiger charge is 2.30. The van der Waals surface area contributed by atoms with Crippen molar-refractivity contribution < 1.29 is 22.7 Å². The number of alkyl halides is 3. The summed E-state index contributed by atoms with van der Waals surface area (Å²) in [5.41, 5.74) is 7.83. The highest BCUT2D eigenvalue weighted by molar-refractivity contribution is 6.04. The molecule has 0 aliphatic carbocycles. The number of aromatic nitrogens is 1. The van der Waals surface area contributed by atoms with Gasteiger partial charge in [0.1, 0.15) is 12.4 Å². The molecule has 49 heavy (non-hydrogen) atoms. The van der Waals surface area contributed by atoms with Gasteiger partial charge in [-0.3, -0.25) is 9.78 Å². The SMILES string of the molecule is C=CC(=O)Nc1cc(N2C(=C)C=Cc3cnc4ccc(-c5ccc(COc6cccc(C(F)(F)F)c6)cc5)cc4c32)ccc1C.CCCC. The molecule has 0 bridgehead atoms. The Hall–Kier alpha value is -5.63. The zero-order chi connectivity index (χ0) is 35.1. The summed E-state index contributed by atoms with van der Waals surface area (Å²) in [7, 11) is 0. The first kappa shape index (κ1) is 34.7. The lowest BCUT2D eigenvalue weighted by atomic mass is 9.98. The number of aryl methyl sites for hydroxylation is 1. The van der Waals surface area contributed by atoms with Crippen molar-refractivity contribution in [2.45, 2.75) is 46.4 Å². The van der Waals surface area contributed by atoms with E-state index >= 15 is 0 Å². The van der Waals surface area contributed by atoms with Crippen LogP contribution in [0.2, 0.25) is 0 Å². The molecule has 4 aromatic carbocycles. The van der Waals surface area contributed by atoms with Crippen LogP contribution in [0.1, 0.15) is 48.9 Å². The lowest BCUT2D eigenvalue weighted by Gasteiger charge is -2.31. The van der Waals surface area contributed by atoms with Crippen LogP contribution in [0, 0.1) is 6.92 Å². The van der Waals surface area contributed by atoms with Crippen LogP contribution in [0.5, 0.6) is 5.75 Å². The van der Waals surface area contributed by atoms with E-state index in [-0.39, 0.29) is 18.3 Å². The van der Waals surface area contributed by atoms with Crippen molar-refractivity contribution in [3.05, 3.63) is 144 Å². The number of ether oxygens (including phenoxy) is 1. The summed E-state index contributed by atoms with van der Waals surface area (Å²) in [4.78, 5) is 18.8. The van der Waals surface area contributed by atoms with Crippen molar-refractivity contribution in [1.82, 2.24) is 4.98 Å². The molecule has 5 nitrogen and oxygen atoms in total. The number of unbranched alkanes of at least 4 members (excludes halogenated alkanes) is 1. The number of rotatable bonds is 8. The van der Waals surface area contributed by atoms with Gasteiger partial charge < -0.3 is 15.0 Å². The Kier molecular flexibility index (Phi) is 10.7. The monoisotopic (exact) mass is 661 g/mol.